The van der Waals surface area contributed by atoms with Gasteiger partial charge in [0.1, 0.15) is 0 Å². The molecular weight excluding hydrogens is 677 g/mol. The van der Waals surface area contributed by atoms with E-state index >= 15 is 0 Å². The number of rotatable bonds is 8. The Kier molecular flexibility index (Phi) is 8.55. The van der Waals surface area contributed by atoms with Crippen LogP contribution in [-0.4, -0.2) is 4.57 Å². The van der Waals surface area contributed by atoms with Crippen molar-refractivity contribution in [1.29, 1.82) is 0 Å². The van der Waals surface area contributed by atoms with E-state index in [4.69, 9.17) is 0 Å². The van der Waals surface area contributed by atoms with E-state index in [1.165, 1.54) is 60.8 Å². The highest BCUT2D eigenvalue weighted by molar-refractivity contribution is 6.16. The molecule has 0 radical (unpaired) electrons. The summed E-state index contributed by atoms with van der Waals surface area (Å²) in [5.74, 6) is 0. The molecule has 9 aromatic carbocycles. The van der Waals surface area contributed by atoms with Crippen LogP contribution < -0.4 is 4.90 Å². The molecule has 10 rings (SSSR count). The number of anilines is 3. The van der Waals surface area contributed by atoms with Crippen molar-refractivity contribution < 1.29 is 0 Å². The quantitative estimate of drug-likeness (QED) is 0.152. The molecule has 2 nitrogen and oxygen atoms in total. The van der Waals surface area contributed by atoms with E-state index in [0.29, 0.717) is 0 Å². The third-order valence-corrected chi connectivity index (χ3v) is 10.8. The Morgan fingerprint density at radius 1 is 0.286 bits per heavy atom. The number of hydrogen-bond donors (Lipinski definition) is 0. The first-order chi connectivity index (χ1) is 27.8. The Morgan fingerprint density at radius 2 is 0.732 bits per heavy atom. The molecular formula is C54H38N2. The van der Waals surface area contributed by atoms with Gasteiger partial charge in [-0.05, 0) is 99.1 Å². The van der Waals surface area contributed by atoms with Gasteiger partial charge in [0.2, 0.25) is 0 Å². The molecule has 0 spiro atoms. The van der Waals surface area contributed by atoms with Gasteiger partial charge in [0.15, 0.2) is 0 Å². The molecule has 56 heavy (non-hydrogen) atoms. The van der Waals surface area contributed by atoms with Gasteiger partial charge in [-0.25, -0.2) is 0 Å². The lowest BCUT2D eigenvalue weighted by Gasteiger charge is -2.27. The van der Waals surface area contributed by atoms with Gasteiger partial charge < -0.3 is 9.47 Å². The molecule has 1 heterocycles. The number of fused-ring (bicyclic) bond motifs is 3. The smallest absolute Gasteiger partial charge is 0.0562 e. The number of aromatic nitrogens is 1. The van der Waals surface area contributed by atoms with Gasteiger partial charge in [0, 0.05) is 33.5 Å². The second-order valence-corrected chi connectivity index (χ2v) is 14.2. The van der Waals surface area contributed by atoms with Crippen LogP contribution in [0.3, 0.4) is 0 Å². The van der Waals surface area contributed by atoms with E-state index in [9.17, 15) is 0 Å². The molecule has 0 saturated carbocycles. The predicted molar refractivity (Wildman–Crippen MR) is 237 cm³/mol. The average Bonchev–Trinajstić information content (AvgIpc) is 3.62. The number of benzene rings is 9. The van der Waals surface area contributed by atoms with Crippen LogP contribution in [0.4, 0.5) is 17.1 Å². The van der Waals surface area contributed by atoms with Gasteiger partial charge in [-0.2, -0.15) is 0 Å². The summed E-state index contributed by atoms with van der Waals surface area (Å²) in [5.41, 5.74) is 16.3. The lowest BCUT2D eigenvalue weighted by Crippen LogP contribution is -2.10. The Balaban J connectivity index is 1.17. The summed E-state index contributed by atoms with van der Waals surface area (Å²) in [5, 5.41) is 2.47. The molecule has 0 saturated heterocycles. The molecule has 0 unspecified atom stereocenters. The summed E-state index contributed by atoms with van der Waals surface area (Å²) in [6.07, 6.45) is 0. The van der Waals surface area contributed by atoms with Crippen molar-refractivity contribution in [2.24, 2.45) is 0 Å². The molecule has 0 aliphatic carbocycles. The maximum absolute atomic E-state index is 2.42. The predicted octanol–water partition coefficient (Wildman–Crippen LogP) is 14.9. The first-order valence-electron chi connectivity index (χ1n) is 19.2. The van der Waals surface area contributed by atoms with Crippen LogP contribution in [0.1, 0.15) is 0 Å². The Labute approximate surface area is 327 Å². The van der Waals surface area contributed by atoms with Crippen LogP contribution in [0.2, 0.25) is 0 Å². The maximum atomic E-state index is 2.42. The summed E-state index contributed by atoms with van der Waals surface area (Å²) < 4.78 is 2.42. The molecule has 0 fully saturated rings. The van der Waals surface area contributed by atoms with E-state index in [0.717, 1.165) is 28.3 Å². The summed E-state index contributed by atoms with van der Waals surface area (Å²) in [7, 11) is 0. The van der Waals surface area contributed by atoms with Crippen LogP contribution in [0.15, 0.2) is 231 Å². The molecule has 0 N–H and O–H groups in total. The van der Waals surface area contributed by atoms with Crippen LogP contribution in [0, 0.1) is 0 Å². The number of hydrogen-bond acceptors (Lipinski definition) is 1. The molecule has 1 aromatic heterocycles. The highest BCUT2D eigenvalue weighted by atomic mass is 15.1. The lowest BCUT2D eigenvalue weighted by molar-refractivity contribution is 1.18. The second kappa shape index (κ2) is 14.4. The van der Waals surface area contributed by atoms with E-state index < -0.39 is 0 Å². The van der Waals surface area contributed by atoms with Crippen molar-refractivity contribution in [1.82, 2.24) is 4.57 Å². The van der Waals surface area contributed by atoms with Gasteiger partial charge in [0.25, 0.3) is 0 Å². The number of nitrogens with zero attached hydrogens (tertiary/aromatic N) is 2. The van der Waals surface area contributed by atoms with E-state index in [2.05, 4.69) is 240 Å². The minimum Gasteiger partial charge on any atom is -0.310 e. The third kappa shape index (κ3) is 6.14. The van der Waals surface area contributed by atoms with Gasteiger partial charge in [-0.3, -0.25) is 0 Å². The topological polar surface area (TPSA) is 8.17 Å². The van der Waals surface area contributed by atoms with Crippen molar-refractivity contribution in [3.05, 3.63) is 231 Å². The van der Waals surface area contributed by atoms with Gasteiger partial charge in [-0.15, -0.1) is 0 Å². The highest BCUT2D eigenvalue weighted by Crippen LogP contribution is 2.43. The summed E-state index contributed by atoms with van der Waals surface area (Å²) in [4.78, 5) is 2.40. The van der Waals surface area contributed by atoms with Crippen molar-refractivity contribution in [2.75, 3.05) is 4.90 Å². The van der Waals surface area contributed by atoms with Gasteiger partial charge >= 0.3 is 0 Å². The number of para-hydroxylation sites is 1. The monoisotopic (exact) mass is 714 g/mol. The van der Waals surface area contributed by atoms with Crippen LogP contribution in [-0.2, 0) is 0 Å². The summed E-state index contributed by atoms with van der Waals surface area (Å²) in [6.45, 7) is 0. The van der Waals surface area contributed by atoms with Crippen molar-refractivity contribution >= 4 is 38.9 Å². The highest BCUT2D eigenvalue weighted by Gasteiger charge is 2.20. The fraction of sp³-hybridized carbons (Fsp3) is 0. The van der Waals surface area contributed by atoms with E-state index in [-0.39, 0.29) is 0 Å². The van der Waals surface area contributed by atoms with Crippen molar-refractivity contribution in [2.45, 2.75) is 0 Å². The van der Waals surface area contributed by atoms with Gasteiger partial charge in [-0.1, -0.05) is 176 Å². The molecule has 264 valence electrons. The zero-order chi connectivity index (χ0) is 37.3. The first-order valence-corrected chi connectivity index (χ1v) is 19.2. The zero-order valence-electron chi connectivity index (χ0n) is 30.8. The van der Waals surface area contributed by atoms with Gasteiger partial charge in [0.05, 0.1) is 11.0 Å². The Morgan fingerprint density at radius 3 is 1.32 bits per heavy atom. The average molecular weight is 715 g/mol. The minimum atomic E-state index is 1.08. The normalized spacial score (nSPS) is 11.2. The van der Waals surface area contributed by atoms with Crippen molar-refractivity contribution in [3.63, 3.8) is 0 Å². The molecule has 0 bridgehead atoms. The Bertz CT molecular complexity index is 2930. The third-order valence-electron chi connectivity index (χ3n) is 10.8. The lowest BCUT2D eigenvalue weighted by atomic mass is 9.99. The zero-order valence-corrected chi connectivity index (χ0v) is 30.8. The molecule has 2 heteroatoms. The molecule has 0 aliphatic rings. The fourth-order valence-corrected chi connectivity index (χ4v) is 8.12. The molecule has 10 aromatic rings. The fourth-order valence-electron chi connectivity index (χ4n) is 8.12. The molecule has 0 atom stereocenters. The second-order valence-electron chi connectivity index (χ2n) is 14.2. The van der Waals surface area contributed by atoms with E-state index in [1.807, 2.05) is 0 Å². The standard InChI is InChI=1S/C54H38N2/c1-5-16-39(17-6-1)41-30-32-42(33-31-41)45-23-14-27-48(37-45)55(47-26-13-22-44(36-47)40-18-7-2-8-19-40)49-34-35-51-53(38-49)56(46-24-11-4-12-25-46)52-29-15-28-50(54(51)52)43-20-9-3-10-21-43/h1-38H. The largest absolute Gasteiger partial charge is 0.310 e. The van der Waals surface area contributed by atoms with E-state index in [1.54, 1.807) is 0 Å². The van der Waals surface area contributed by atoms with Crippen LogP contribution in [0.5, 0.6) is 0 Å². The van der Waals surface area contributed by atoms with Crippen LogP contribution in [0.25, 0.3) is 72.0 Å². The van der Waals surface area contributed by atoms with Crippen molar-refractivity contribution in [3.8, 4) is 50.2 Å². The first kappa shape index (κ1) is 33.2. The minimum absolute atomic E-state index is 1.08. The molecule has 0 aliphatic heterocycles. The summed E-state index contributed by atoms with van der Waals surface area (Å²) >= 11 is 0. The maximum Gasteiger partial charge on any atom is 0.0562 e. The molecule has 0 amide bonds. The summed E-state index contributed by atoms with van der Waals surface area (Å²) in [6, 6.07) is 83.1. The Hall–Kier alpha value is -7.42. The SMILES string of the molecule is c1ccc(-c2ccc(-c3cccc(N(c4cccc(-c5ccccc5)c4)c4ccc5c6c(-c7ccccc7)cccc6n(-c6ccccc6)c5c4)c3)cc2)cc1. The van der Waals surface area contributed by atoms with Crippen LogP contribution >= 0.6 is 0 Å².